The fraction of sp³-hybridized carbons (Fsp3) is 0.450. The lowest BCUT2D eigenvalue weighted by Gasteiger charge is -2.31. The largest absolute Gasteiger partial charge is 0.348 e. The number of benzene rings is 1. The molecule has 0 bridgehead atoms. The van der Waals surface area contributed by atoms with Gasteiger partial charge in [0.1, 0.15) is 4.88 Å². The smallest absolute Gasteiger partial charge is 0.309 e. The van der Waals surface area contributed by atoms with Crippen LogP contribution in [-0.4, -0.2) is 51.8 Å². The second-order valence-corrected chi connectivity index (χ2v) is 7.99. The lowest BCUT2D eigenvalue weighted by atomic mass is 9.96. The van der Waals surface area contributed by atoms with E-state index in [1.54, 1.807) is 11.8 Å². The van der Waals surface area contributed by atoms with Crippen LogP contribution in [0.1, 0.15) is 46.7 Å². The predicted molar refractivity (Wildman–Crippen MR) is 109 cm³/mol. The average molecular weight is 416 g/mol. The van der Waals surface area contributed by atoms with Gasteiger partial charge in [-0.2, -0.15) is 0 Å². The van der Waals surface area contributed by atoms with Crippen molar-refractivity contribution in [1.29, 1.82) is 0 Å². The molecule has 1 fully saturated rings. The molecular weight excluding hydrogens is 390 g/mol. The van der Waals surface area contributed by atoms with E-state index in [0.717, 1.165) is 29.9 Å². The van der Waals surface area contributed by atoms with E-state index in [1.807, 2.05) is 37.3 Å². The number of amides is 3. The third kappa shape index (κ3) is 5.38. The van der Waals surface area contributed by atoms with E-state index in [4.69, 9.17) is 0 Å². The molecule has 1 unspecified atom stereocenters. The maximum Gasteiger partial charge on any atom is 0.309 e. The molecule has 1 saturated heterocycles. The predicted octanol–water partition coefficient (Wildman–Crippen LogP) is 1.69. The van der Waals surface area contributed by atoms with Crippen molar-refractivity contribution in [3.63, 3.8) is 0 Å². The minimum Gasteiger partial charge on any atom is -0.348 e. The van der Waals surface area contributed by atoms with E-state index in [1.165, 1.54) is 0 Å². The topological polar surface area (TPSA) is 104 Å². The number of hydrogen-bond acceptors (Lipinski definition) is 6. The molecule has 1 atom stereocenters. The van der Waals surface area contributed by atoms with Crippen LogP contribution in [0.2, 0.25) is 0 Å². The Bertz CT molecular complexity index is 862. The van der Waals surface area contributed by atoms with Gasteiger partial charge in [0.05, 0.1) is 11.7 Å². The van der Waals surface area contributed by atoms with Crippen LogP contribution in [0, 0.1) is 12.8 Å². The van der Waals surface area contributed by atoms with Crippen molar-refractivity contribution in [3.05, 3.63) is 46.5 Å². The Hall–Kier alpha value is -2.81. The van der Waals surface area contributed by atoms with Crippen molar-refractivity contribution in [2.75, 3.05) is 19.6 Å². The molecule has 1 aromatic heterocycles. The normalized spacial score (nSPS) is 15.6. The summed E-state index contributed by atoms with van der Waals surface area (Å²) in [5.41, 5.74) is 1.60. The first kappa shape index (κ1) is 20.9. The molecule has 0 saturated carbocycles. The van der Waals surface area contributed by atoms with Crippen molar-refractivity contribution in [2.45, 2.75) is 32.7 Å². The average Bonchev–Trinajstić information content (AvgIpc) is 3.18. The van der Waals surface area contributed by atoms with Crippen LogP contribution in [0.3, 0.4) is 0 Å². The quantitative estimate of drug-likeness (QED) is 0.723. The summed E-state index contributed by atoms with van der Waals surface area (Å²) in [6, 6.07) is 9.25. The van der Waals surface area contributed by atoms with Gasteiger partial charge in [0.2, 0.25) is 0 Å². The number of nitrogens with one attached hydrogen (secondary N) is 2. The summed E-state index contributed by atoms with van der Waals surface area (Å²) in [4.78, 5) is 39.1. The van der Waals surface area contributed by atoms with Gasteiger partial charge in [0, 0.05) is 19.6 Å². The van der Waals surface area contributed by atoms with Crippen molar-refractivity contribution < 1.29 is 14.4 Å². The molecule has 0 radical (unpaired) electrons. The number of hydrogen-bond donors (Lipinski definition) is 2. The molecule has 3 rings (SSSR count). The van der Waals surface area contributed by atoms with Gasteiger partial charge in [-0.1, -0.05) is 34.8 Å². The van der Waals surface area contributed by atoms with Gasteiger partial charge in [-0.05, 0) is 49.7 Å². The summed E-state index contributed by atoms with van der Waals surface area (Å²) in [5.74, 6) is -1.06. The molecule has 1 aromatic carbocycles. The highest BCUT2D eigenvalue weighted by atomic mass is 32.1. The minimum atomic E-state index is -0.637. The van der Waals surface area contributed by atoms with Crippen molar-refractivity contribution in [1.82, 2.24) is 25.1 Å². The van der Waals surface area contributed by atoms with Crippen LogP contribution >= 0.6 is 11.5 Å². The summed E-state index contributed by atoms with van der Waals surface area (Å²) in [5, 5.41) is 9.32. The molecular formula is C20H25N5O3S. The zero-order chi connectivity index (χ0) is 20.8. The molecule has 0 spiro atoms. The number of rotatable bonds is 5. The van der Waals surface area contributed by atoms with Crippen LogP contribution < -0.4 is 10.6 Å². The van der Waals surface area contributed by atoms with E-state index in [9.17, 15) is 14.4 Å². The molecule has 2 heterocycles. The van der Waals surface area contributed by atoms with E-state index in [-0.39, 0.29) is 17.9 Å². The number of aryl methyl sites for hydroxylation is 1. The lowest BCUT2D eigenvalue weighted by Crippen LogP contribution is -2.45. The van der Waals surface area contributed by atoms with E-state index in [2.05, 4.69) is 20.2 Å². The van der Waals surface area contributed by atoms with Gasteiger partial charge >= 0.3 is 11.8 Å². The van der Waals surface area contributed by atoms with Crippen LogP contribution in [0.15, 0.2) is 30.3 Å². The van der Waals surface area contributed by atoms with Crippen LogP contribution in [-0.2, 0) is 9.59 Å². The summed E-state index contributed by atoms with van der Waals surface area (Å²) in [6.07, 6.45) is 1.55. The Morgan fingerprint density at radius 1 is 1.17 bits per heavy atom. The maximum absolute atomic E-state index is 12.5. The van der Waals surface area contributed by atoms with Crippen LogP contribution in [0.5, 0.6) is 0 Å². The van der Waals surface area contributed by atoms with E-state index in [0.29, 0.717) is 30.2 Å². The first-order valence-electron chi connectivity index (χ1n) is 9.67. The van der Waals surface area contributed by atoms with Gasteiger partial charge in [-0.3, -0.25) is 14.4 Å². The van der Waals surface area contributed by atoms with Gasteiger partial charge in [-0.25, -0.2) is 0 Å². The first-order valence-corrected chi connectivity index (χ1v) is 10.4. The first-order chi connectivity index (χ1) is 14.0. The number of carbonyl (C=O) groups is 3. The molecule has 154 valence electrons. The molecule has 3 amide bonds. The summed E-state index contributed by atoms with van der Waals surface area (Å²) in [6.45, 7) is 5.29. The Kier molecular flexibility index (Phi) is 6.92. The lowest BCUT2D eigenvalue weighted by molar-refractivity contribution is -0.139. The number of nitrogens with zero attached hydrogens (tertiary/aromatic N) is 3. The fourth-order valence-electron chi connectivity index (χ4n) is 3.32. The third-order valence-corrected chi connectivity index (χ3v) is 5.97. The zero-order valence-corrected chi connectivity index (χ0v) is 17.4. The van der Waals surface area contributed by atoms with Crippen LogP contribution in [0.4, 0.5) is 0 Å². The molecule has 2 aromatic rings. The molecule has 8 nitrogen and oxygen atoms in total. The number of aromatic nitrogens is 2. The Morgan fingerprint density at radius 3 is 2.48 bits per heavy atom. The molecule has 9 heteroatoms. The maximum atomic E-state index is 12.5. The molecule has 1 aliphatic rings. The monoisotopic (exact) mass is 415 g/mol. The summed E-state index contributed by atoms with van der Waals surface area (Å²) < 4.78 is 3.82. The summed E-state index contributed by atoms with van der Waals surface area (Å²) >= 11 is 1.12. The highest BCUT2D eigenvalue weighted by Gasteiger charge is 2.27. The standard InChI is InChI=1S/C20H25N5O3S/c1-13(16-6-4-3-5-7-16)22-19(27)18(26)21-12-15-8-10-25(11-9-15)20(28)17-14(2)23-24-29-17/h3-7,13,15H,8-12H2,1-2H3,(H,21,26)(H,22,27). The van der Waals surface area contributed by atoms with Crippen molar-refractivity contribution in [3.8, 4) is 0 Å². The van der Waals surface area contributed by atoms with Crippen molar-refractivity contribution >= 4 is 29.3 Å². The van der Waals surface area contributed by atoms with Crippen molar-refractivity contribution in [2.24, 2.45) is 5.92 Å². The van der Waals surface area contributed by atoms with Gasteiger partial charge in [0.25, 0.3) is 5.91 Å². The Morgan fingerprint density at radius 2 is 1.86 bits per heavy atom. The number of piperidine rings is 1. The van der Waals surface area contributed by atoms with Gasteiger partial charge in [0.15, 0.2) is 0 Å². The molecule has 0 aliphatic carbocycles. The minimum absolute atomic E-state index is 0.0331. The molecule has 1 aliphatic heterocycles. The Balaban J connectivity index is 1.40. The fourth-order valence-corrected chi connectivity index (χ4v) is 3.94. The van der Waals surface area contributed by atoms with Gasteiger partial charge < -0.3 is 15.5 Å². The highest BCUT2D eigenvalue weighted by Crippen LogP contribution is 2.20. The Labute approximate surface area is 173 Å². The van der Waals surface area contributed by atoms with Gasteiger partial charge in [-0.15, -0.1) is 5.10 Å². The van der Waals surface area contributed by atoms with E-state index >= 15 is 0 Å². The van der Waals surface area contributed by atoms with Crippen LogP contribution in [0.25, 0.3) is 0 Å². The second-order valence-electron chi connectivity index (χ2n) is 7.24. The third-order valence-electron chi connectivity index (χ3n) is 5.15. The molecule has 2 N–H and O–H groups in total. The zero-order valence-electron chi connectivity index (χ0n) is 16.6. The SMILES string of the molecule is Cc1nnsc1C(=O)N1CCC(CNC(=O)C(=O)NC(C)c2ccccc2)CC1. The highest BCUT2D eigenvalue weighted by molar-refractivity contribution is 7.07. The van der Waals surface area contributed by atoms with E-state index < -0.39 is 11.8 Å². The number of likely N-dealkylation sites (tertiary alicyclic amines) is 1. The summed E-state index contributed by atoms with van der Waals surface area (Å²) in [7, 11) is 0. The second kappa shape index (κ2) is 9.60. The molecule has 29 heavy (non-hydrogen) atoms. The number of carbonyl (C=O) groups excluding carboxylic acids is 3.